The molecule has 0 amide bonds. The number of esters is 1. The second-order valence-electron chi connectivity index (χ2n) is 8.88. The maximum atomic E-state index is 14.4. The number of benzene rings is 2. The molecule has 0 saturated carbocycles. The van der Waals surface area contributed by atoms with Crippen LogP contribution in [-0.4, -0.2) is 21.9 Å². The Balaban J connectivity index is 2.05. The van der Waals surface area contributed by atoms with Gasteiger partial charge in [0.25, 0.3) is 0 Å². The summed E-state index contributed by atoms with van der Waals surface area (Å²) < 4.78 is 82.1. The molecule has 0 unspecified atom stereocenters. The number of carbonyl (C=O) groups excluding carboxylic acids is 1. The van der Waals surface area contributed by atoms with E-state index in [1.165, 1.54) is 23.7 Å². The molecule has 1 aromatic heterocycles. The Morgan fingerprint density at radius 1 is 0.914 bits per heavy atom. The Labute approximate surface area is 203 Å². The van der Waals surface area contributed by atoms with E-state index >= 15 is 0 Å². The molecule has 3 aromatic rings. The van der Waals surface area contributed by atoms with Crippen molar-refractivity contribution < 1.29 is 36.2 Å². The van der Waals surface area contributed by atoms with Gasteiger partial charge in [-0.15, -0.1) is 0 Å². The number of hydrogen-bond acceptors (Lipinski definition) is 5. The topological polar surface area (TPSA) is 53.4 Å². The summed E-state index contributed by atoms with van der Waals surface area (Å²) in [4.78, 5) is 11.7. The average Bonchev–Trinajstić information content (AvgIpc) is 3.09. The van der Waals surface area contributed by atoms with Crippen LogP contribution < -0.4 is 9.47 Å². The highest BCUT2D eigenvalue weighted by Gasteiger charge is 2.32. The normalized spacial score (nSPS) is 11.8. The van der Waals surface area contributed by atoms with E-state index in [0.717, 1.165) is 0 Å². The third-order valence-electron chi connectivity index (χ3n) is 4.63. The van der Waals surface area contributed by atoms with Crippen molar-refractivity contribution in [3.8, 4) is 11.6 Å². The molecule has 3 rings (SSSR count). The molecule has 0 atom stereocenters. The lowest BCUT2D eigenvalue weighted by Gasteiger charge is -2.22. The minimum atomic E-state index is -2.26. The van der Waals surface area contributed by atoms with Crippen LogP contribution in [0, 0.1) is 36.0 Å². The van der Waals surface area contributed by atoms with Gasteiger partial charge in [-0.25, -0.2) is 31.4 Å². The molecule has 2 aromatic carbocycles. The Hall–Kier alpha value is -3.08. The summed E-state index contributed by atoms with van der Waals surface area (Å²) in [6.07, 6.45) is -0.0709. The number of aryl methyl sites for hydroxylation is 1. The van der Waals surface area contributed by atoms with Crippen molar-refractivity contribution in [2.45, 2.75) is 63.0 Å². The van der Waals surface area contributed by atoms with E-state index in [2.05, 4.69) is 5.10 Å². The van der Waals surface area contributed by atoms with Crippen molar-refractivity contribution >= 4 is 17.7 Å². The highest BCUT2D eigenvalue weighted by atomic mass is 32.2. The number of hydrogen-bond donors (Lipinski definition) is 0. The Bertz CT molecular complexity index is 1240. The lowest BCUT2D eigenvalue weighted by Crippen LogP contribution is -2.25. The summed E-state index contributed by atoms with van der Waals surface area (Å²) in [6, 6.07) is 6.10. The quantitative estimate of drug-likeness (QED) is 0.157. The maximum Gasteiger partial charge on any atom is 0.344 e. The summed E-state index contributed by atoms with van der Waals surface area (Å²) in [5.74, 6) is -10.9. The number of carbonyl (C=O) groups is 1. The Kier molecular flexibility index (Phi) is 7.49. The summed E-state index contributed by atoms with van der Waals surface area (Å²) in [5, 5.41) is 4.29. The third kappa shape index (κ3) is 5.44. The molecule has 35 heavy (non-hydrogen) atoms. The van der Waals surface area contributed by atoms with Crippen molar-refractivity contribution in [3.63, 3.8) is 0 Å². The fourth-order valence-electron chi connectivity index (χ4n) is 3.02. The first-order chi connectivity index (χ1) is 16.2. The van der Waals surface area contributed by atoms with Gasteiger partial charge in [-0.3, -0.25) is 0 Å². The molecule has 0 radical (unpaired) electrons. The second kappa shape index (κ2) is 9.88. The van der Waals surface area contributed by atoms with Gasteiger partial charge in [0.2, 0.25) is 11.7 Å². The highest BCUT2D eigenvalue weighted by Crippen LogP contribution is 2.43. The fourth-order valence-corrected chi connectivity index (χ4v) is 3.98. The van der Waals surface area contributed by atoms with Gasteiger partial charge >= 0.3 is 5.97 Å². The zero-order valence-corrected chi connectivity index (χ0v) is 20.6. The van der Waals surface area contributed by atoms with Gasteiger partial charge in [0, 0.05) is 0 Å². The zero-order chi connectivity index (χ0) is 26.2. The van der Waals surface area contributed by atoms with E-state index in [1.807, 2.05) is 13.8 Å². The van der Waals surface area contributed by atoms with Crippen molar-refractivity contribution in [1.82, 2.24) is 9.78 Å². The predicted octanol–water partition coefficient (Wildman–Crippen LogP) is 6.80. The van der Waals surface area contributed by atoms with Crippen LogP contribution in [-0.2, 0) is 5.54 Å². The molecular formula is C24H23F5N2O3S. The number of ether oxygens (including phenoxy) is 2. The van der Waals surface area contributed by atoms with E-state index in [9.17, 15) is 26.7 Å². The Morgan fingerprint density at radius 3 is 1.91 bits per heavy atom. The van der Waals surface area contributed by atoms with Gasteiger partial charge in [0.05, 0.1) is 32.7 Å². The molecule has 5 nitrogen and oxygen atoms in total. The van der Waals surface area contributed by atoms with Crippen molar-refractivity contribution in [2.24, 2.45) is 0 Å². The number of halogens is 5. The summed E-state index contributed by atoms with van der Waals surface area (Å²) in [7, 11) is 0. The minimum absolute atomic E-state index is 0.0709. The van der Waals surface area contributed by atoms with E-state index in [-0.39, 0.29) is 39.9 Å². The first kappa shape index (κ1) is 26.5. The standard InChI is InChI=1S/C24H23F5N2O3S/c1-11(2)33-14-9-7-13(8-10-14)23(32)34-22-20(12(3)30-31(22)24(4,5)6)35-21-18(28)16(26)15(25)17(27)19(21)29/h7-11H,1-6H3. The maximum absolute atomic E-state index is 14.4. The van der Waals surface area contributed by atoms with Crippen molar-refractivity contribution in [1.29, 1.82) is 0 Å². The molecule has 0 aliphatic carbocycles. The average molecular weight is 515 g/mol. The van der Waals surface area contributed by atoms with Crippen LogP contribution in [0.1, 0.15) is 50.7 Å². The molecule has 0 bridgehead atoms. The van der Waals surface area contributed by atoms with Crippen LogP contribution in [0.2, 0.25) is 0 Å². The molecule has 0 N–H and O–H groups in total. The van der Waals surface area contributed by atoms with Crippen LogP contribution in [0.3, 0.4) is 0 Å². The zero-order valence-electron chi connectivity index (χ0n) is 19.8. The number of aromatic nitrogens is 2. The molecule has 1 heterocycles. The van der Waals surface area contributed by atoms with Gasteiger partial charge in [0.15, 0.2) is 23.3 Å². The molecule has 188 valence electrons. The van der Waals surface area contributed by atoms with Crippen LogP contribution in [0.15, 0.2) is 34.1 Å². The second-order valence-corrected chi connectivity index (χ2v) is 9.90. The molecular weight excluding hydrogens is 491 g/mol. The molecule has 0 aliphatic heterocycles. The van der Waals surface area contributed by atoms with Gasteiger partial charge in [-0.1, -0.05) is 11.8 Å². The lowest BCUT2D eigenvalue weighted by molar-refractivity contribution is 0.0704. The summed E-state index contributed by atoms with van der Waals surface area (Å²) in [5.41, 5.74) is -0.449. The van der Waals surface area contributed by atoms with Gasteiger partial charge in [-0.05, 0) is 65.8 Å². The first-order valence-corrected chi connectivity index (χ1v) is 11.3. The minimum Gasteiger partial charge on any atom is -0.491 e. The van der Waals surface area contributed by atoms with Crippen LogP contribution in [0.25, 0.3) is 0 Å². The number of rotatable bonds is 6. The van der Waals surface area contributed by atoms with Crippen molar-refractivity contribution in [2.75, 3.05) is 0 Å². The monoisotopic (exact) mass is 514 g/mol. The molecule has 11 heteroatoms. The molecule has 0 fully saturated rings. The van der Waals surface area contributed by atoms with Gasteiger partial charge in [0.1, 0.15) is 5.75 Å². The summed E-state index contributed by atoms with van der Waals surface area (Å²) >= 11 is 0.237. The van der Waals surface area contributed by atoms with E-state index < -0.39 is 45.5 Å². The molecule has 0 saturated heterocycles. The van der Waals surface area contributed by atoms with Gasteiger partial charge < -0.3 is 9.47 Å². The Morgan fingerprint density at radius 2 is 1.43 bits per heavy atom. The largest absolute Gasteiger partial charge is 0.491 e. The van der Waals surface area contributed by atoms with Gasteiger partial charge in [-0.2, -0.15) is 5.10 Å². The fraction of sp³-hybridized carbons (Fsp3) is 0.333. The molecule has 0 spiro atoms. The third-order valence-corrected chi connectivity index (χ3v) is 5.86. The van der Waals surface area contributed by atoms with Crippen molar-refractivity contribution in [3.05, 3.63) is 64.6 Å². The van der Waals surface area contributed by atoms with E-state index in [0.29, 0.717) is 5.75 Å². The van der Waals surface area contributed by atoms with Crippen LogP contribution >= 0.6 is 11.8 Å². The van der Waals surface area contributed by atoms with Crippen LogP contribution in [0.5, 0.6) is 11.6 Å². The number of nitrogens with zero attached hydrogens (tertiary/aromatic N) is 2. The first-order valence-electron chi connectivity index (χ1n) is 10.5. The molecule has 0 aliphatic rings. The predicted molar refractivity (Wildman–Crippen MR) is 119 cm³/mol. The SMILES string of the molecule is Cc1nn(C(C)(C)C)c(OC(=O)c2ccc(OC(C)C)cc2)c1Sc1c(F)c(F)c(F)c(F)c1F. The van der Waals surface area contributed by atoms with E-state index in [4.69, 9.17) is 9.47 Å². The highest BCUT2D eigenvalue weighted by molar-refractivity contribution is 7.99. The summed E-state index contributed by atoms with van der Waals surface area (Å²) in [6.45, 7) is 10.4. The smallest absolute Gasteiger partial charge is 0.344 e. The lowest BCUT2D eigenvalue weighted by atomic mass is 10.1. The van der Waals surface area contributed by atoms with E-state index in [1.54, 1.807) is 32.9 Å². The van der Waals surface area contributed by atoms with Crippen LogP contribution in [0.4, 0.5) is 22.0 Å².